The van der Waals surface area contributed by atoms with Gasteiger partial charge in [0, 0.05) is 17.5 Å². The average molecular weight is 283 g/mol. The summed E-state index contributed by atoms with van der Waals surface area (Å²) in [6, 6.07) is 3.06. The fraction of sp³-hybridized carbons (Fsp3) is 0.625. The van der Waals surface area contributed by atoms with Gasteiger partial charge in [-0.1, -0.05) is 19.1 Å². The zero-order valence-electron chi connectivity index (χ0n) is 12.7. The van der Waals surface area contributed by atoms with Crippen molar-refractivity contribution in [3.05, 3.63) is 34.9 Å². The summed E-state index contributed by atoms with van der Waals surface area (Å²) in [5.74, 6) is -1.10. The highest BCUT2D eigenvalue weighted by Crippen LogP contribution is 2.41. The first-order valence-electron chi connectivity index (χ1n) is 7.15. The van der Waals surface area contributed by atoms with Crippen LogP contribution in [0.15, 0.2) is 12.1 Å². The van der Waals surface area contributed by atoms with Crippen LogP contribution in [0.25, 0.3) is 0 Å². The highest BCUT2D eigenvalue weighted by Gasteiger charge is 2.42. The summed E-state index contributed by atoms with van der Waals surface area (Å²) in [5, 5.41) is 3.14. The van der Waals surface area contributed by atoms with Crippen LogP contribution >= 0.6 is 0 Å². The van der Waals surface area contributed by atoms with Gasteiger partial charge in [-0.15, -0.1) is 0 Å². The maximum Gasteiger partial charge on any atom is 0.163 e. The lowest BCUT2D eigenvalue weighted by atomic mass is 9.80. The Labute approximate surface area is 119 Å². The molecule has 0 aliphatic carbocycles. The molecule has 1 fully saturated rings. The Hall–Kier alpha value is -1.00. The molecule has 0 saturated carbocycles. The molecule has 0 amide bonds. The molecule has 20 heavy (non-hydrogen) atoms. The number of nitrogens with one attached hydrogen (secondary N) is 1. The Kier molecular flexibility index (Phi) is 4.45. The van der Waals surface area contributed by atoms with Crippen LogP contribution in [0.1, 0.15) is 37.9 Å². The second kappa shape index (κ2) is 5.78. The number of halogens is 2. The third kappa shape index (κ3) is 2.47. The molecule has 1 saturated heterocycles. The Morgan fingerprint density at radius 1 is 1.10 bits per heavy atom. The van der Waals surface area contributed by atoms with E-state index in [1.54, 1.807) is 26.1 Å². The van der Waals surface area contributed by atoms with Crippen LogP contribution in [0, 0.1) is 30.4 Å². The minimum atomic E-state index is -0.755. The molecule has 2 nitrogen and oxygen atoms in total. The van der Waals surface area contributed by atoms with Crippen molar-refractivity contribution in [1.82, 2.24) is 5.32 Å². The molecule has 1 aliphatic rings. The average Bonchev–Trinajstić information content (AvgIpc) is 2.65. The van der Waals surface area contributed by atoms with Gasteiger partial charge in [0.1, 0.15) is 0 Å². The van der Waals surface area contributed by atoms with Gasteiger partial charge in [0.05, 0.1) is 12.2 Å². The lowest BCUT2D eigenvalue weighted by Crippen LogP contribution is -2.33. The largest absolute Gasteiger partial charge is 0.375 e. The molecule has 5 atom stereocenters. The molecule has 5 unspecified atom stereocenters. The zero-order valence-corrected chi connectivity index (χ0v) is 12.7. The minimum absolute atomic E-state index is 0.0150. The van der Waals surface area contributed by atoms with E-state index < -0.39 is 11.6 Å². The molecular weight excluding hydrogens is 260 g/mol. The molecule has 1 aromatic carbocycles. The van der Waals surface area contributed by atoms with E-state index in [0.29, 0.717) is 11.1 Å². The van der Waals surface area contributed by atoms with Crippen molar-refractivity contribution in [2.24, 2.45) is 11.8 Å². The predicted octanol–water partition coefficient (Wildman–Crippen LogP) is 3.59. The normalized spacial score (nSPS) is 31.6. The number of rotatable bonds is 3. The molecule has 1 aromatic rings. The van der Waals surface area contributed by atoms with Crippen LogP contribution in [0.4, 0.5) is 8.78 Å². The van der Waals surface area contributed by atoms with Gasteiger partial charge in [0.15, 0.2) is 11.6 Å². The quantitative estimate of drug-likeness (QED) is 0.915. The Morgan fingerprint density at radius 2 is 1.75 bits per heavy atom. The van der Waals surface area contributed by atoms with Gasteiger partial charge in [0.2, 0.25) is 0 Å². The maximum atomic E-state index is 14.2. The number of benzene rings is 1. The van der Waals surface area contributed by atoms with E-state index in [4.69, 9.17) is 4.74 Å². The van der Waals surface area contributed by atoms with Gasteiger partial charge in [-0.25, -0.2) is 8.78 Å². The molecule has 112 valence electrons. The van der Waals surface area contributed by atoms with Crippen molar-refractivity contribution >= 4 is 0 Å². The summed E-state index contributed by atoms with van der Waals surface area (Å²) < 4.78 is 33.9. The van der Waals surface area contributed by atoms with Crippen LogP contribution in [-0.2, 0) is 4.74 Å². The lowest BCUT2D eigenvalue weighted by molar-refractivity contribution is 0.0476. The van der Waals surface area contributed by atoms with Crippen LogP contribution in [0.3, 0.4) is 0 Å². The number of hydrogen-bond donors (Lipinski definition) is 1. The van der Waals surface area contributed by atoms with E-state index in [0.717, 1.165) is 0 Å². The van der Waals surface area contributed by atoms with E-state index in [1.165, 1.54) is 0 Å². The summed E-state index contributed by atoms with van der Waals surface area (Å²) in [7, 11) is 1.78. The number of ether oxygens (including phenoxy) is 1. The highest BCUT2D eigenvalue weighted by atomic mass is 19.2. The molecule has 0 aromatic heterocycles. The van der Waals surface area contributed by atoms with Crippen molar-refractivity contribution in [3.8, 4) is 0 Å². The molecule has 0 spiro atoms. The van der Waals surface area contributed by atoms with Gasteiger partial charge in [0.25, 0.3) is 0 Å². The first-order chi connectivity index (χ1) is 9.38. The summed E-state index contributed by atoms with van der Waals surface area (Å²) in [4.78, 5) is 0. The van der Waals surface area contributed by atoms with E-state index in [2.05, 4.69) is 12.2 Å². The Morgan fingerprint density at radius 3 is 2.25 bits per heavy atom. The fourth-order valence-corrected chi connectivity index (χ4v) is 3.32. The minimum Gasteiger partial charge on any atom is -0.375 e. The topological polar surface area (TPSA) is 21.3 Å². The molecular formula is C16H23F2NO. The van der Waals surface area contributed by atoms with Gasteiger partial charge in [-0.3, -0.25) is 0 Å². The molecule has 1 N–H and O–H groups in total. The predicted molar refractivity (Wildman–Crippen MR) is 75.6 cm³/mol. The lowest BCUT2D eigenvalue weighted by Gasteiger charge is -2.29. The van der Waals surface area contributed by atoms with E-state index in [9.17, 15) is 8.78 Å². The van der Waals surface area contributed by atoms with Crippen LogP contribution < -0.4 is 5.32 Å². The summed E-state index contributed by atoms with van der Waals surface area (Å²) in [6.07, 6.45) is 0.144. The first kappa shape index (κ1) is 15.4. The second-order valence-corrected chi connectivity index (χ2v) is 5.85. The molecule has 1 aliphatic heterocycles. The molecule has 2 rings (SSSR count). The van der Waals surface area contributed by atoms with Crippen LogP contribution in [0.2, 0.25) is 0 Å². The monoisotopic (exact) mass is 283 g/mol. The molecule has 1 heterocycles. The fourth-order valence-electron chi connectivity index (χ4n) is 3.32. The smallest absolute Gasteiger partial charge is 0.163 e. The van der Waals surface area contributed by atoms with E-state index in [-0.39, 0.29) is 30.1 Å². The van der Waals surface area contributed by atoms with Gasteiger partial charge in [-0.2, -0.15) is 0 Å². The van der Waals surface area contributed by atoms with Crippen molar-refractivity contribution in [2.45, 2.75) is 45.9 Å². The van der Waals surface area contributed by atoms with Crippen molar-refractivity contribution in [3.63, 3.8) is 0 Å². The molecule has 0 radical (unpaired) electrons. The summed E-state index contributed by atoms with van der Waals surface area (Å²) in [5.41, 5.74) is 0.718. The standard InChI is InChI=1S/C16H23F2NO/c1-8-6-7-12(15(18)14(8)17)16(19-5)13-9(2)10(3)20-11(13)4/h6-7,9-11,13,16,19H,1-5H3. The zero-order chi connectivity index (χ0) is 15.0. The van der Waals surface area contributed by atoms with E-state index >= 15 is 0 Å². The Balaban J connectivity index is 2.41. The van der Waals surface area contributed by atoms with Crippen molar-refractivity contribution < 1.29 is 13.5 Å². The Bertz CT molecular complexity index is 492. The van der Waals surface area contributed by atoms with Crippen molar-refractivity contribution in [2.75, 3.05) is 7.05 Å². The second-order valence-electron chi connectivity index (χ2n) is 5.85. The third-order valence-electron chi connectivity index (χ3n) is 4.66. The third-order valence-corrected chi connectivity index (χ3v) is 4.66. The first-order valence-corrected chi connectivity index (χ1v) is 7.15. The van der Waals surface area contributed by atoms with Crippen molar-refractivity contribution in [1.29, 1.82) is 0 Å². The van der Waals surface area contributed by atoms with Gasteiger partial charge >= 0.3 is 0 Å². The summed E-state index contributed by atoms with van der Waals surface area (Å²) >= 11 is 0. The SMILES string of the molecule is CNC(c1ccc(C)c(F)c1F)C1C(C)OC(C)C1C. The van der Waals surface area contributed by atoms with Gasteiger partial charge < -0.3 is 10.1 Å². The van der Waals surface area contributed by atoms with Gasteiger partial charge in [-0.05, 0) is 39.3 Å². The van der Waals surface area contributed by atoms with Crippen LogP contribution in [0.5, 0.6) is 0 Å². The molecule has 4 heteroatoms. The maximum absolute atomic E-state index is 14.2. The number of hydrogen-bond acceptors (Lipinski definition) is 2. The molecule has 0 bridgehead atoms. The van der Waals surface area contributed by atoms with Crippen LogP contribution in [-0.4, -0.2) is 19.3 Å². The summed E-state index contributed by atoms with van der Waals surface area (Å²) in [6.45, 7) is 7.70. The number of aryl methyl sites for hydroxylation is 1. The highest BCUT2D eigenvalue weighted by molar-refractivity contribution is 5.29. The van der Waals surface area contributed by atoms with E-state index in [1.807, 2.05) is 13.8 Å².